The summed E-state index contributed by atoms with van der Waals surface area (Å²) in [5, 5.41) is 8.16. The van der Waals surface area contributed by atoms with Crippen molar-refractivity contribution in [2.24, 2.45) is 0 Å². The van der Waals surface area contributed by atoms with Crippen LogP contribution in [0.1, 0.15) is 37.4 Å². The third-order valence-corrected chi connectivity index (χ3v) is 6.39. The molecule has 0 bridgehead atoms. The normalized spacial score (nSPS) is 21.6. The Morgan fingerprint density at radius 1 is 1.03 bits per heavy atom. The minimum Gasteiger partial charge on any atom is -0.497 e. The molecular formula is C26H28N4O6. The van der Waals surface area contributed by atoms with Crippen molar-refractivity contribution in [1.82, 2.24) is 20.9 Å². The Balaban J connectivity index is 1.73. The van der Waals surface area contributed by atoms with Gasteiger partial charge in [-0.2, -0.15) is 0 Å². The van der Waals surface area contributed by atoms with Crippen molar-refractivity contribution in [1.29, 1.82) is 0 Å². The first-order valence-electron chi connectivity index (χ1n) is 11.7. The van der Waals surface area contributed by atoms with Crippen LogP contribution < -0.4 is 20.7 Å². The van der Waals surface area contributed by atoms with E-state index in [0.717, 1.165) is 4.90 Å². The second-order valence-electron chi connectivity index (χ2n) is 8.36. The number of urea groups is 2. The van der Waals surface area contributed by atoms with Gasteiger partial charge in [-0.15, -0.1) is 0 Å². The fourth-order valence-corrected chi connectivity index (χ4v) is 4.53. The van der Waals surface area contributed by atoms with E-state index in [0.29, 0.717) is 23.3 Å². The minimum atomic E-state index is -1.29. The van der Waals surface area contributed by atoms with E-state index >= 15 is 0 Å². The molecule has 188 valence electrons. The molecule has 0 saturated carbocycles. The summed E-state index contributed by atoms with van der Waals surface area (Å²) in [7, 11) is 1.54. The monoisotopic (exact) mass is 492 g/mol. The summed E-state index contributed by atoms with van der Waals surface area (Å²) >= 11 is 0. The molecule has 3 N–H and O–H groups in total. The molecule has 0 aliphatic carbocycles. The molecule has 0 spiro atoms. The van der Waals surface area contributed by atoms with E-state index in [1.807, 2.05) is 6.07 Å². The van der Waals surface area contributed by atoms with Gasteiger partial charge in [0.1, 0.15) is 11.3 Å². The maximum Gasteiger partial charge on any atom is 0.338 e. The summed E-state index contributed by atoms with van der Waals surface area (Å²) in [4.78, 5) is 53.3. The number of rotatable bonds is 8. The van der Waals surface area contributed by atoms with Crippen molar-refractivity contribution < 1.29 is 28.7 Å². The van der Waals surface area contributed by atoms with E-state index in [4.69, 9.17) is 9.47 Å². The summed E-state index contributed by atoms with van der Waals surface area (Å²) < 4.78 is 10.5. The Labute approximate surface area is 208 Å². The van der Waals surface area contributed by atoms with Gasteiger partial charge in [-0.25, -0.2) is 14.4 Å². The highest BCUT2D eigenvalue weighted by Crippen LogP contribution is 2.35. The Bertz CT molecular complexity index is 1210. The Hall–Kier alpha value is -4.34. The van der Waals surface area contributed by atoms with Gasteiger partial charge in [-0.05, 0) is 36.6 Å². The number of carbonyl (C=O) groups is 4. The molecule has 2 aromatic carbocycles. The number of ether oxygens (including phenoxy) is 2. The second-order valence-corrected chi connectivity index (χ2v) is 8.36. The van der Waals surface area contributed by atoms with Crippen molar-refractivity contribution in [3.05, 3.63) is 77.0 Å². The van der Waals surface area contributed by atoms with Crippen LogP contribution in [0.2, 0.25) is 0 Å². The van der Waals surface area contributed by atoms with Crippen LogP contribution in [0.3, 0.4) is 0 Å². The average molecular weight is 493 g/mol. The van der Waals surface area contributed by atoms with Gasteiger partial charge in [-0.1, -0.05) is 49.4 Å². The largest absolute Gasteiger partial charge is 0.497 e. The summed E-state index contributed by atoms with van der Waals surface area (Å²) in [6.07, 6.45) is 0.296. The lowest BCUT2D eigenvalue weighted by Crippen LogP contribution is -2.49. The molecule has 5 amide bonds. The number of carbonyl (C=O) groups excluding carboxylic acids is 4. The molecule has 10 heteroatoms. The van der Waals surface area contributed by atoms with Crippen molar-refractivity contribution in [3.8, 4) is 5.75 Å². The first-order chi connectivity index (χ1) is 17.3. The zero-order chi connectivity index (χ0) is 25.9. The van der Waals surface area contributed by atoms with Crippen molar-refractivity contribution in [2.45, 2.75) is 31.8 Å². The molecule has 2 aliphatic rings. The molecular weight excluding hydrogens is 464 g/mol. The van der Waals surface area contributed by atoms with Gasteiger partial charge in [-0.3, -0.25) is 9.69 Å². The van der Waals surface area contributed by atoms with E-state index in [9.17, 15) is 19.2 Å². The molecule has 2 aliphatic heterocycles. The Kier molecular flexibility index (Phi) is 6.96. The minimum absolute atomic E-state index is 0.116. The Morgan fingerprint density at radius 3 is 2.33 bits per heavy atom. The average Bonchev–Trinajstić information content (AvgIpc) is 3.14. The van der Waals surface area contributed by atoms with Crippen molar-refractivity contribution >= 4 is 23.9 Å². The lowest BCUT2D eigenvalue weighted by atomic mass is 9.87. The van der Waals surface area contributed by atoms with E-state index in [1.54, 1.807) is 69.5 Å². The SMILES string of the molecule is CCOC(=O)C1=C(CN2C(=O)NC(CC)(c3ccc(OC)cc3)C2=O)NC(=O)NC1c1ccccc1. The number of hydrogen-bond acceptors (Lipinski definition) is 6. The highest BCUT2D eigenvalue weighted by Gasteiger charge is 2.52. The number of amides is 5. The first-order valence-corrected chi connectivity index (χ1v) is 11.7. The van der Waals surface area contributed by atoms with Gasteiger partial charge in [0.05, 0.1) is 37.6 Å². The summed E-state index contributed by atoms with van der Waals surface area (Å²) in [5.41, 5.74) is 0.218. The number of imide groups is 1. The molecule has 36 heavy (non-hydrogen) atoms. The molecule has 1 saturated heterocycles. The number of hydrogen-bond donors (Lipinski definition) is 3. The van der Waals surface area contributed by atoms with E-state index in [-0.39, 0.29) is 24.4 Å². The lowest BCUT2D eigenvalue weighted by molar-refractivity contribution is -0.139. The van der Waals surface area contributed by atoms with Crippen LogP contribution >= 0.6 is 0 Å². The van der Waals surface area contributed by atoms with E-state index in [2.05, 4.69) is 16.0 Å². The Morgan fingerprint density at radius 2 is 1.72 bits per heavy atom. The maximum atomic E-state index is 13.7. The number of methoxy groups -OCH3 is 1. The third-order valence-electron chi connectivity index (χ3n) is 6.39. The van der Waals surface area contributed by atoms with Crippen molar-refractivity contribution in [3.63, 3.8) is 0 Å². The molecule has 10 nitrogen and oxygen atoms in total. The van der Waals surface area contributed by atoms with Gasteiger partial charge in [0, 0.05) is 0 Å². The van der Waals surface area contributed by atoms with E-state index in [1.165, 1.54) is 0 Å². The van der Waals surface area contributed by atoms with Crippen LogP contribution in [0, 0.1) is 0 Å². The van der Waals surface area contributed by atoms with Crippen LogP contribution in [0.5, 0.6) is 5.75 Å². The van der Waals surface area contributed by atoms with Gasteiger partial charge in [0.25, 0.3) is 5.91 Å². The molecule has 2 unspecified atom stereocenters. The smallest absolute Gasteiger partial charge is 0.338 e. The van der Waals surface area contributed by atoms with Crippen LogP contribution in [0.15, 0.2) is 65.9 Å². The standard InChI is InChI=1S/C26H28N4O6/c1-4-26(17-11-13-18(35-3)14-12-17)23(32)30(25(34)29-26)15-19-20(22(31)36-5-2)21(28-24(33)27-19)16-9-7-6-8-10-16/h6-14,21H,4-5,15H2,1-3H3,(H,29,34)(H2,27,28,33). The van der Waals surface area contributed by atoms with Crippen molar-refractivity contribution in [2.75, 3.05) is 20.3 Å². The zero-order valence-electron chi connectivity index (χ0n) is 20.3. The van der Waals surface area contributed by atoms with Gasteiger partial charge in [0.15, 0.2) is 0 Å². The van der Waals surface area contributed by atoms with Crippen LogP contribution in [0.4, 0.5) is 9.59 Å². The maximum absolute atomic E-state index is 13.7. The van der Waals surface area contributed by atoms with Gasteiger partial charge < -0.3 is 25.4 Å². The highest BCUT2D eigenvalue weighted by molar-refractivity contribution is 6.08. The molecule has 0 radical (unpaired) electrons. The molecule has 1 fully saturated rings. The zero-order valence-corrected chi connectivity index (χ0v) is 20.3. The number of benzene rings is 2. The number of nitrogens with zero attached hydrogens (tertiary/aromatic N) is 1. The van der Waals surface area contributed by atoms with Gasteiger partial charge >= 0.3 is 18.0 Å². The quantitative estimate of drug-likeness (QED) is 0.384. The summed E-state index contributed by atoms with van der Waals surface area (Å²) in [6.45, 7) is 3.28. The molecule has 2 atom stereocenters. The van der Waals surface area contributed by atoms with Crippen LogP contribution in [-0.4, -0.2) is 49.1 Å². The van der Waals surface area contributed by atoms with Gasteiger partial charge in [0.2, 0.25) is 0 Å². The first kappa shape index (κ1) is 24.8. The predicted octanol–water partition coefficient (Wildman–Crippen LogP) is 2.72. The summed E-state index contributed by atoms with van der Waals surface area (Å²) in [6, 6.07) is 13.8. The summed E-state index contributed by atoms with van der Waals surface area (Å²) in [5.74, 6) is -0.523. The lowest BCUT2D eigenvalue weighted by Gasteiger charge is -2.31. The fourth-order valence-electron chi connectivity index (χ4n) is 4.53. The topological polar surface area (TPSA) is 126 Å². The number of nitrogens with one attached hydrogen (secondary N) is 3. The molecule has 0 aromatic heterocycles. The number of esters is 1. The molecule has 2 aromatic rings. The van der Waals surface area contributed by atoms with E-state index < -0.39 is 35.5 Å². The second kappa shape index (κ2) is 10.1. The molecule has 4 rings (SSSR count). The van der Waals surface area contributed by atoms with Crippen LogP contribution in [0.25, 0.3) is 0 Å². The highest BCUT2D eigenvalue weighted by atomic mass is 16.5. The predicted molar refractivity (Wildman–Crippen MR) is 130 cm³/mol. The third kappa shape index (κ3) is 4.37. The molecule has 2 heterocycles. The van der Waals surface area contributed by atoms with Crippen LogP contribution in [-0.2, 0) is 19.9 Å². The fraction of sp³-hybridized carbons (Fsp3) is 0.308.